The van der Waals surface area contributed by atoms with Crippen molar-refractivity contribution in [1.82, 2.24) is 9.97 Å². The summed E-state index contributed by atoms with van der Waals surface area (Å²) < 4.78 is 11.4. The van der Waals surface area contributed by atoms with Gasteiger partial charge >= 0.3 is 21.1 Å². The molecule has 0 amide bonds. The molecule has 0 saturated heterocycles. The van der Waals surface area contributed by atoms with Gasteiger partial charge in [-0.2, -0.15) is 9.79 Å². The standard InChI is InChI=1S/C18H12N2O2.C7H8S2.Pt/c1-2-4-6-14-22-16-10-8-12-20-18(16)17-15(9-7-11-19-17)21-13-5-3-1;1-5-2-3-6(8)7(9)4-5;/h1-2,7-12H,13-14H2;2-4,8-9H,1H3;/q;;+2/p-2/b2-1-;;. The van der Waals surface area contributed by atoms with E-state index in [0.717, 1.165) is 9.79 Å². The number of hydrogen-bond acceptors (Lipinski definition) is 6. The monoisotopic (exact) mass is 637 g/mol. The smallest absolute Gasteiger partial charge is 0.781 e. The Balaban J connectivity index is 0.000000307. The van der Waals surface area contributed by atoms with Crippen LogP contribution >= 0.6 is 0 Å². The fourth-order valence-corrected chi connectivity index (χ4v) is 2.88. The van der Waals surface area contributed by atoms with E-state index in [1.807, 2.05) is 49.4 Å². The van der Waals surface area contributed by atoms with Crippen LogP contribution in [0.3, 0.4) is 0 Å². The molecule has 0 saturated carbocycles. The van der Waals surface area contributed by atoms with Gasteiger partial charge in [-0.3, -0.25) is 9.97 Å². The summed E-state index contributed by atoms with van der Waals surface area (Å²) in [5, 5.41) is 0. The molecule has 1 aromatic carbocycles. The van der Waals surface area contributed by atoms with Crippen LogP contribution in [0.2, 0.25) is 0 Å². The molecule has 3 heterocycles. The molecular weight excluding hydrogens is 619 g/mol. The van der Waals surface area contributed by atoms with Crippen LogP contribution < -0.4 is 9.47 Å². The summed E-state index contributed by atoms with van der Waals surface area (Å²) >= 11 is 9.85. The first-order valence-corrected chi connectivity index (χ1v) is 10.2. The van der Waals surface area contributed by atoms with Crippen LogP contribution in [0.5, 0.6) is 11.5 Å². The van der Waals surface area contributed by atoms with Crippen LogP contribution in [0.4, 0.5) is 0 Å². The minimum atomic E-state index is 0. The first-order valence-electron chi connectivity index (χ1n) is 9.37. The molecule has 0 fully saturated rings. The predicted molar refractivity (Wildman–Crippen MR) is 126 cm³/mol. The molecule has 32 heavy (non-hydrogen) atoms. The van der Waals surface area contributed by atoms with E-state index in [2.05, 4.69) is 33.6 Å². The van der Waals surface area contributed by atoms with E-state index < -0.39 is 0 Å². The van der Waals surface area contributed by atoms with Crippen LogP contribution in [-0.4, -0.2) is 23.2 Å². The first kappa shape index (κ1) is 25.4. The molecule has 0 atom stereocenters. The first-order chi connectivity index (χ1) is 15.1. The van der Waals surface area contributed by atoms with E-state index in [-0.39, 0.29) is 34.3 Å². The van der Waals surface area contributed by atoms with Crippen molar-refractivity contribution in [2.24, 2.45) is 0 Å². The quantitative estimate of drug-likeness (QED) is 0.271. The Labute approximate surface area is 214 Å². The average molecular weight is 638 g/mol. The Bertz CT molecular complexity index is 1140. The van der Waals surface area contributed by atoms with Gasteiger partial charge in [0.25, 0.3) is 0 Å². The second kappa shape index (κ2) is 13.5. The van der Waals surface area contributed by atoms with Crippen molar-refractivity contribution >= 4 is 25.3 Å². The molecule has 162 valence electrons. The Morgan fingerprint density at radius 2 is 1.31 bits per heavy atom. The topological polar surface area (TPSA) is 44.2 Å². The number of fused-ring (bicyclic) bond motifs is 3. The molecule has 0 spiro atoms. The third-order valence-corrected chi connectivity index (χ3v) is 4.74. The van der Waals surface area contributed by atoms with E-state index in [9.17, 15) is 0 Å². The molecule has 4 nitrogen and oxygen atoms in total. The number of aryl methyl sites for hydroxylation is 1. The minimum Gasteiger partial charge on any atom is -0.781 e. The largest absolute Gasteiger partial charge is 2.00 e. The summed E-state index contributed by atoms with van der Waals surface area (Å²) in [6, 6.07) is 13.0. The number of aromatic nitrogens is 2. The van der Waals surface area contributed by atoms with Crippen LogP contribution in [0.1, 0.15) is 5.56 Å². The van der Waals surface area contributed by atoms with Crippen molar-refractivity contribution in [2.45, 2.75) is 16.7 Å². The number of benzene rings is 1. The van der Waals surface area contributed by atoms with E-state index in [1.54, 1.807) is 24.5 Å². The maximum atomic E-state index is 5.69. The molecule has 0 aliphatic carbocycles. The number of rotatable bonds is 0. The van der Waals surface area contributed by atoms with Crippen molar-refractivity contribution in [3.63, 3.8) is 0 Å². The zero-order chi connectivity index (χ0) is 21.9. The van der Waals surface area contributed by atoms with Crippen molar-refractivity contribution in [1.29, 1.82) is 0 Å². The van der Waals surface area contributed by atoms with Crippen molar-refractivity contribution < 1.29 is 30.5 Å². The van der Waals surface area contributed by atoms with E-state index in [1.165, 1.54) is 5.56 Å². The van der Waals surface area contributed by atoms with E-state index in [0.29, 0.717) is 22.9 Å². The summed E-state index contributed by atoms with van der Waals surface area (Å²) in [7, 11) is 0. The number of hydrogen-bond donors (Lipinski definition) is 0. The Kier molecular flexibility index (Phi) is 10.7. The second-order valence-corrected chi connectivity index (χ2v) is 7.08. The number of allylic oxidation sites excluding steroid dienone is 2. The van der Waals surface area contributed by atoms with Gasteiger partial charge in [0, 0.05) is 12.4 Å². The van der Waals surface area contributed by atoms with Gasteiger partial charge in [0.1, 0.15) is 36.1 Å². The predicted octanol–water partition coefficient (Wildman–Crippen LogP) is 4.28. The molecule has 0 bridgehead atoms. The van der Waals surface area contributed by atoms with Gasteiger partial charge in [-0.1, -0.05) is 47.4 Å². The van der Waals surface area contributed by atoms with Crippen LogP contribution in [-0.2, 0) is 46.3 Å². The third kappa shape index (κ3) is 7.66. The maximum absolute atomic E-state index is 5.69. The molecule has 0 unspecified atom stereocenters. The number of ether oxygens (including phenoxy) is 2. The molecular formula is C25H18N2O2PtS2. The van der Waals surface area contributed by atoms with Gasteiger partial charge in [-0.15, -0.1) is 0 Å². The average Bonchev–Trinajstić information content (AvgIpc) is 2.78. The number of nitrogens with zero attached hydrogens (tertiary/aromatic N) is 2. The SMILES string of the molecule is C1#CCOc2cccnc2-c2ncccc2OCC#C/C=C\1.Cc1ccc([S-])c([S-])c1.[Pt+2]. The Morgan fingerprint density at radius 3 is 1.78 bits per heavy atom. The molecule has 1 aliphatic rings. The fraction of sp³-hybridized carbons (Fsp3) is 0.120. The van der Waals surface area contributed by atoms with Gasteiger partial charge in [-0.05, 0) is 43.3 Å². The van der Waals surface area contributed by atoms with Crippen LogP contribution in [0.15, 0.2) is 76.8 Å². The normalized spacial score (nSPS) is 12.4. The van der Waals surface area contributed by atoms with Gasteiger partial charge < -0.3 is 34.7 Å². The molecule has 7 heteroatoms. The minimum absolute atomic E-state index is 0. The van der Waals surface area contributed by atoms with Gasteiger partial charge in [-0.25, -0.2) is 0 Å². The molecule has 3 aromatic rings. The molecule has 0 N–H and O–H groups in total. The van der Waals surface area contributed by atoms with Gasteiger partial charge in [0.05, 0.1) is 0 Å². The van der Waals surface area contributed by atoms with Crippen LogP contribution in [0, 0.1) is 30.6 Å². The van der Waals surface area contributed by atoms with Crippen molar-refractivity contribution in [3.8, 4) is 46.6 Å². The Morgan fingerprint density at radius 1 is 0.781 bits per heavy atom. The third-order valence-electron chi connectivity index (χ3n) is 3.92. The van der Waals surface area contributed by atoms with Gasteiger partial charge in [0.2, 0.25) is 0 Å². The molecule has 1 aliphatic heterocycles. The summed E-state index contributed by atoms with van der Waals surface area (Å²) in [6.45, 7) is 2.53. The van der Waals surface area contributed by atoms with Crippen LogP contribution in [0.25, 0.3) is 11.4 Å². The van der Waals surface area contributed by atoms with E-state index in [4.69, 9.17) is 34.7 Å². The summed E-state index contributed by atoms with van der Waals surface area (Å²) in [4.78, 5) is 10.3. The van der Waals surface area contributed by atoms with Gasteiger partial charge in [0.15, 0.2) is 0 Å². The summed E-state index contributed by atoms with van der Waals surface area (Å²) in [5.74, 6) is 12.7. The fourth-order valence-electron chi connectivity index (χ4n) is 2.50. The second-order valence-electron chi connectivity index (χ2n) is 6.20. The van der Waals surface area contributed by atoms with Crippen molar-refractivity contribution in [2.75, 3.05) is 13.2 Å². The van der Waals surface area contributed by atoms with Crippen molar-refractivity contribution in [3.05, 3.63) is 72.6 Å². The van der Waals surface area contributed by atoms with E-state index >= 15 is 0 Å². The maximum Gasteiger partial charge on any atom is 2.00 e. The Hall–Kier alpha value is -2.89. The molecule has 4 rings (SSSR count). The summed E-state index contributed by atoms with van der Waals surface area (Å²) in [6.07, 6.45) is 6.75. The number of pyridine rings is 2. The summed E-state index contributed by atoms with van der Waals surface area (Å²) in [5.41, 5.74) is 2.43. The molecule has 0 radical (unpaired) electrons. The molecule has 2 aromatic heterocycles. The zero-order valence-electron chi connectivity index (χ0n) is 17.1. The zero-order valence-corrected chi connectivity index (χ0v) is 21.0.